The summed E-state index contributed by atoms with van der Waals surface area (Å²) in [6.07, 6.45) is 2.07. The van der Waals surface area contributed by atoms with E-state index in [4.69, 9.17) is 0 Å². The largest absolute Gasteiger partial charge is 0.298 e. The maximum absolute atomic E-state index is 12.3. The van der Waals surface area contributed by atoms with Crippen molar-refractivity contribution in [3.63, 3.8) is 0 Å². The average Bonchev–Trinajstić information content (AvgIpc) is 2.59. The van der Waals surface area contributed by atoms with Gasteiger partial charge in [-0.2, -0.15) is 0 Å². The molecule has 0 N–H and O–H groups in total. The van der Waals surface area contributed by atoms with Gasteiger partial charge in [0.15, 0.2) is 9.84 Å². The van der Waals surface area contributed by atoms with Crippen molar-refractivity contribution in [2.45, 2.75) is 18.6 Å². The first-order chi connectivity index (χ1) is 11.7. The van der Waals surface area contributed by atoms with Crippen molar-refractivity contribution in [3.8, 4) is 11.1 Å². The minimum Gasteiger partial charge on any atom is -0.298 e. The molecule has 0 spiro atoms. The second-order valence-electron chi connectivity index (χ2n) is 6.77. The Hall–Kier alpha value is -2.46. The van der Waals surface area contributed by atoms with Gasteiger partial charge in [0.05, 0.1) is 4.75 Å². The van der Waals surface area contributed by atoms with E-state index in [-0.39, 0.29) is 0 Å². The summed E-state index contributed by atoms with van der Waals surface area (Å²) >= 11 is 0. The zero-order valence-electron chi connectivity index (χ0n) is 14.5. The average molecular weight is 352 g/mol. The number of hydrogen-bond donors (Lipinski definition) is 0. The van der Waals surface area contributed by atoms with Crippen LogP contribution in [0.4, 0.5) is 0 Å². The molecule has 0 aliphatic carbocycles. The van der Waals surface area contributed by atoms with Gasteiger partial charge in [-0.15, -0.1) is 0 Å². The lowest BCUT2D eigenvalue weighted by Crippen LogP contribution is -2.28. The van der Waals surface area contributed by atoms with Crippen LogP contribution < -0.4 is 0 Å². The lowest BCUT2D eigenvalue weighted by atomic mass is 9.91. The van der Waals surface area contributed by atoms with Crippen LogP contribution >= 0.6 is 0 Å². The van der Waals surface area contributed by atoms with Gasteiger partial charge < -0.3 is 0 Å². The molecule has 3 aromatic rings. The molecule has 0 fully saturated rings. The Balaban J connectivity index is 2.36. The number of aldehydes is 1. The molecule has 0 heterocycles. The van der Waals surface area contributed by atoms with Gasteiger partial charge in [0.25, 0.3) is 0 Å². The normalized spacial score (nSPS) is 12.3. The molecule has 3 nitrogen and oxygen atoms in total. The molecule has 0 aliphatic rings. The van der Waals surface area contributed by atoms with E-state index in [2.05, 4.69) is 0 Å². The first-order valence-electron chi connectivity index (χ1n) is 8.02. The van der Waals surface area contributed by atoms with Gasteiger partial charge in [0.2, 0.25) is 0 Å². The van der Waals surface area contributed by atoms with Crippen LogP contribution in [0.15, 0.2) is 60.7 Å². The van der Waals surface area contributed by atoms with Crippen LogP contribution in [-0.4, -0.2) is 21.0 Å². The Kier molecular flexibility index (Phi) is 4.25. The van der Waals surface area contributed by atoms with Crippen LogP contribution in [0.5, 0.6) is 0 Å². The molecule has 0 saturated heterocycles. The zero-order valence-corrected chi connectivity index (χ0v) is 15.3. The van der Waals surface area contributed by atoms with Crippen LogP contribution in [0.25, 0.3) is 21.9 Å². The van der Waals surface area contributed by atoms with Gasteiger partial charge in [-0.1, -0.05) is 42.5 Å². The maximum atomic E-state index is 12.3. The molecule has 25 heavy (non-hydrogen) atoms. The topological polar surface area (TPSA) is 51.2 Å². The zero-order chi connectivity index (χ0) is 18.2. The summed E-state index contributed by atoms with van der Waals surface area (Å²) in [5, 5.41) is 2.00. The number of fused-ring (bicyclic) bond motifs is 1. The van der Waals surface area contributed by atoms with Crippen molar-refractivity contribution >= 4 is 26.9 Å². The van der Waals surface area contributed by atoms with Crippen LogP contribution in [0.2, 0.25) is 0 Å². The van der Waals surface area contributed by atoms with Gasteiger partial charge in [-0.05, 0) is 59.5 Å². The van der Waals surface area contributed by atoms with Crippen LogP contribution in [-0.2, 0) is 14.6 Å². The molecule has 0 radical (unpaired) electrons. The van der Waals surface area contributed by atoms with Crippen molar-refractivity contribution in [2.75, 3.05) is 6.26 Å². The lowest BCUT2D eigenvalue weighted by Gasteiger charge is -2.25. The van der Waals surface area contributed by atoms with Crippen LogP contribution in [0, 0.1) is 0 Å². The second-order valence-corrected chi connectivity index (χ2v) is 9.34. The van der Waals surface area contributed by atoms with Crippen molar-refractivity contribution in [3.05, 3.63) is 71.8 Å². The van der Waals surface area contributed by atoms with Gasteiger partial charge in [-0.25, -0.2) is 8.42 Å². The summed E-state index contributed by atoms with van der Waals surface area (Å²) < 4.78 is 23.6. The fourth-order valence-electron chi connectivity index (χ4n) is 2.89. The highest BCUT2D eigenvalue weighted by atomic mass is 32.2. The number of benzene rings is 3. The Morgan fingerprint density at radius 1 is 0.920 bits per heavy atom. The minimum absolute atomic E-state index is 0.592. The number of sulfone groups is 1. The summed E-state index contributed by atoms with van der Waals surface area (Å²) in [4.78, 5) is 11.1. The molecule has 0 bridgehead atoms. The van der Waals surface area contributed by atoms with E-state index in [9.17, 15) is 13.2 Å². The molecule has 128 valence electrons. The number of carbonyl (C=O) groups is 1. The molecule has 3 aromatic carbocycles. The number of rotatable bonds is 4. The van der Waals surface area contributed by atoms with Gasteiger partial charge >= 0.3 is 0 Å². The summed E-state index contributed by atoms with van der Waals surface area (Å²) in [5.74, 6) is 0. The standard InChI is InChI=1S/C21H20O3S/c1-21(2,25(3,23)24)18-12-17-8-4-5-10-19(17)20(13-18)16-9-6-7-15(11-16)14-22/h4-14H,1-3H3. The van der Waals surface area contributed by atoms with E-state index in [1.54, 1.807) is 19.9 Å². The van der Waals surface area contributed by atoms with E-state index < -0.39 is 14.6 Å². The molecule has 4 heteroatoms. The monoisotopic (exact) mass is 352 g/mol. The van der Waals surface area contributed by atoms with E-state index in [0.29, 0.717) is 5.56 Å². The van der Waals surface area contributed by atoms with Crippen LogP contribution in [0.1, 0.15) is 29.8 Å². The van der Waals surface area contributed by atoms with Gasteiger partial charge in [0, 0.05) is 11.8 Å². The Bertz CT molecular complexity index is 1060. The van der Waals surface area contributed by atoms with Crippen molar-refractivity contribution in [1.29, 1.82) is 0 Å². The molecule has 0 atom stereocenters. The molecule has 0 saturated carbocycles. The fourth-order valence-corrected chi connectivity index (χ4v) is 3.44. The van der Waals surface area contributed by atoms with Crippen molar-refractivity contribution < 1.29 is 13.2 Å². The van der Waals surface area contributed by atoms with Crippen LogP contribution in [0.3, 0.4) is 0 Å². The summed E-state index contributed by atoms with van der Waals surface area (Å²) in [5.41, 5.74) is 3.15. The molecule has 0 aromatic heterocycles. The minimum atomic E-state index is -3.29. The van der Waals surface area contributed by atoms with Crippen molar-refractivity contribution in [2.24, 2.45) is 0 Å². The predicted molar refractivity (Wildman–Crippen MR) is 103 cm³/mol. The first-order valence-corrected chi connectivity index (χ1v) is 9.91. The predicted octanol–water partition coefficient (Wildman–Crippen LogP) is 4.60. The second kappa shape index (κ2) is 6.12. The highest BCUT2D eigenvalue weighted by molar-refractivity contribution is 7.91. The van der Waals surface area contributed by atoms with E-state index in [1.165, 1.54) is 6.26 Å². The van der Waals surface area contributed by atoms with Gasteiger partial charge in [-0.3, -0.25) is 4.79 Å². The summed E-state index contributed by atoms with van der Waals surface area (Å²) in [7, 11) is -3.29. The molecular weight excluding hydrogens is 332 g/mol. The highest BCUT2D eigenvalue weighted by Crippen LogP contribution is 2.37. The lowest BCUT2D eigenvalue weighted by molar-refractivity contribution is 0.112. The van der Waals surface area contributed by atoms with E-state index >= 15 is 0 Å². The van der Waals surface area contributed by atoms with Gasteiger partial charge in [0.1, 0.15) is 6.29 Å². The maximum Gasteiger partial charge on any atom is 0.156 e. The van der Waals surface area contributed by atoms with E-state index in [0.717, 1.165) is 33.7 Å². The molecule has 0 amide bonds. The smallest absolute Gasteiger partial charge is 0.156 e. The highest BCUT2D eigenvalue weighted by Gasteiger charge is 2.33. The van der Waals surface area contributed by atoms with Crippen molar-refractivity contribution in [1.82, 2.24) is 0 Å². The molecule has 0 aliphatic heterocycles. The summed E-state index contributed by atoms with van der Waals surface area (Å²) in [6.45, 7) is 3.44. The first kappa shape index (κ1) is 17.4. The number of carbonyl (C=O) groups excluding carboxylic acids is 1. The Morgan fingerprint density at radius 2 is 1.64 bits per heavy atom. The van der Waals surface area contributed by atoms with E-state index in [1.807, 2.05) is 54.6 Å². The third-order valence-electron chi connectivity index (χ3n) is 4.82. The third kappa shape index (κ3) is 3.10. The Labute approximate surface area is 148 Å². The Morgan fingerprint density at radius 3 is 2.32 bits per heavy atom. The SMILES string of the molecule is CC(C)(c1cc(-c2cccc(C=O)c2)c2ccccc2c1)S(C)(=O)=O. The number of hydrogen-bond acceptors (Lipinski definition) is 3. The quantitative estimate of drug-likeness (QED) is 0.645. The molecular formula is C21H20O3S. The fraction of sp³-hybridized carbons (Fsp3) is 0.190. The summed E-state index contributed by atoms with van der Waals surface area (Å²) in [6, 6.07) is 19.1. The molecule has 3 rings (SSSR count). The molecule has 0 unspecified atom stereocenters. The third-order valence-corrected chi connectivity index (χ3v) is 6.91.